The molecule has 0 aliphatic heterocycles. The van der Waals surface area contributed by atoms with E-state index in [0.29, 0.717) is 6.42 Å². The van der Waals surface area contributed by atoms with Gasteiger partial charge in [0.2, 0.25) is 0 Å². The van der Waals surface area contributed by atoms with Gasteiger partial charge in [0.05, 0.1) is 6.10 Å². The van der Waals surface area contributed by atoms with Gasteiger partial charge in [-0.05, 0) is 13.3 Å². The summed E-state index contributed by atoms with van der Waals surface area (Å²) in [5.41, 5.74) is 0. The summed E-state index contributed by atoms with van der Waals surface area (Å²) >= 11 is 0. The van der Waals surface area contributed by atoms with E-state index in [4.69, 9.17) is 0 Å². The van der Waals surface area contributed by atoms with Crippen molar-refractivity contribution in [1.82, 2.24) is 5.32 Å². The molecule has 0 saturated heterocycles. The molecule has 0 aliphatic carbocycles. The standard InChI is InChI=1S/C8H12F3NO3/c1-3-5(2)15-6(13)4-12-7(14)8(9,10)11/h5H,3-4H2,1-2H3,(H,12,14)/t5-/m0/s1. The van der Waals surface area contributed by atoms with Crippen LogP contribution in [0, 0.1) is 0 Å². The van der Waals surface area contributed by atoms with Gasteiger partial charge in [0.25, 0.3) is 0 Å². The zero-order valence-corrected chi connectivity index (χ0v) is 8.35. The summed E-state index contributed by atoms with van der Waals surface area (Å²) in [5.74, 6) is -3.04. The number of hydrogen-bond donors (Lipinski definition) is 1. The van der Waals surface area contributed by atoms with E-state index >= 15 is 0 Å². The van der Waals surface area contributed by atoms with E-state index in [1.54, 1.807) is 13.8 Å². The van der Waals surface area contributed by atoms with Crippen molar-refractivity contribution in [2.75, 3.05) is 6.54 Å². The Morgan fingerprint density at radius 2 is 1.93 bits per heavy atom. The fraction of sp³-hybridized carbons (Fsp3) is 0.750. The van der Waals surface area contributed by atoms with E-state index in [9.17, 15) is 22.8 Å². The summed E-state index contributed by atoms with van der Waals surface area (Å²) in [6.07, 6.45) is -4.80. The molecule has 0 bridgehead atoms. The molecule has 0 spiro atoms. The predicted molar refractivity (Wildman–Crippen MR) is 44.9 cm³/mol. The van der Waals surface area contributed by atoms with Gasteiger partial charge in [-0.3, -0.25) is 9.59 Å². The van der Waals surface area contributed by atoms with Crippen molar-refractivity contribution >= 4 is 11.9 Å². The number of halogens is 3. The van der Waals surface area contributed by atoms with E-state index in [-0.39, 0.29) is 6.10 Å². The molecular formula is C8H12F3NO3. The second-order valence-corrected chi connectivity index (χ2v) is 2.89. The predicted octanol–water partition coefficient (Wildman–Crippen LogP) is 1.01. The van der Waals surface area contributed by atoms with Crippen LogP contribution in [0.1, 0.15) is 20.3 Å². The smallest absolute Gasteiger partial charge is 0.461 e. The lowest BCUT2D eigenvalue weighted by molar-refractivity contribution is -0.174. The highest BCUT2D eigenvalue weighted by Gasteiger charge is 2.38. The van der Waals surface area contributed by atoms with Crippen molar-refractivity contribution in [1.29, 1.82) is 0 Å². The molecule has 15 heavy (non-hydrogen) atoms. The molecule has 1 amide bonds. The van der Waals surface area contributed by atoms with Gasteiger partial charge in [-0.1, -0.05) is 6.92 Å². The maximum atomic E-state index is 11.7. The first-order valence-electron chi connectivity index (χ1n) is 4.31. The summed E-state index contributed by atoms with van der Waals surface area (Å²) in [6.45, 7) is 2.58. The Morgan fingerprint density at radius 1 is 1.40 bits per heavy atom. The normalized spacial score (nSPS) is 13.1. The third-order valence-corrected chi connectivity index (χ3v) is 1.56. The molecule has 1 N–H and O–H groups in total. The average Bonchev–Trinajstić information content (AvgIpc) is 2.12. The zero-order valence-electron chi connectivity index (χ0n) is 8.35. The molecule has 4 nitrogen and oxygen atoms in total. The summed E-state index contributed by atoms with van der Waals surface area (Å²) in [7, 11) is 0. The first-order chi connectivity index (χ1) is 6.77. The highest BCUT2D eigenvalue weighted by molar-refractivity contribution is 5.85. The molecule has 0 aromatic rings. The van der Waals surface area contributed by atoms with Gasteiger partial charge in [-0.2, -0.15) is 13.2 Å². The number of esters is 1. The number of amides is 1. The molecule has 0 unspecified atom stereocenters. The number of alkyl halides is 3. The lowest BCUT2D eigenvalue weighted by atomic mass is 10.3. The van der Waals surface area contributed by atoms with E-state index in [1.165, 1.54) is 5.32 Å². The molecule has 0 aromatic heterocycles. The van der Waals surface area contributed by atoms with Gasteiger partial charge in [0.1, 0.15) is 6.54 Å². The van der Waals surface area contributed by atoms with E-state index in [2.05, 4.69) is 4.74 Å². The SMILES string of the molecule is CC[C@H](C)OC(=O)CNC(=O)C(F)(F)F. The van der Waals surface area contributed by atoms with Crippen LogP contribution >= 0.6 is 0 Å². The first kappa shape index (κ1) is 13.7. The molecule has 0 aliphatic rings. The Morgan fingerprint density at radius 3 is 2.33 bits per heavy atom. The maximum absolute atomic E-state index is 11.7. The monoisotopic (exact) mass is 227 g/mol. The Kier molecular flexibility index (Phi) is 5.10. The maximum Gasteiger partial charge on any atom is 0.471 e. The van der Waals surface area contributed by atoms with Gasteiger partial charge in [-0.15, -0.1) is 0 Å². The summed E-state index contributed by atoms with van der Waals surface area (Å²) in [4.78, 5) is 21.1. The molecule has 7 heteroatoms. The van der Waals surface area contributed by atoms with Crippen LogP contribution in [0.3, 0.4) is 0 Å². The van der Waals surface area contributed by atoms with Gasteiger partial charge in [0, 0.05) is 0 Å². The molecule has 0 saturated carbocycles. The fourth-order valence-corrected chi connectivity index (χ4v) is 0.602. The van der Waals surface area contributed by atoms with Crippen LogP contribution in [0.4, 0.5) is 13.2 Å². The minimum Gasteiger partial charge on any atom is -0.461 e. The van der Waals surface area contributed by atoms with Gasteiger partial charge >= 0.3 is 18.1 Å². The molecule has 1 atom stereocenters. The van der Waals surface area contributed by atoms with Crippen molar-refractivity contribution < 1.29 is 27.5 Å². The zero-order chi connectivity index (χ0) is 12.1. The van der Waals surface area contributed by atoms with Gasteiger partial charge in [0.15, 0.2) is 0 Å². The van der Waals surface area contributed by atoms with Crippen LogP contribution in [0.25, 0.3) is 0 Å². The van der Waals surface area contributed by atoms with E-state index < -0.39 is 24.6 Å². The lowest BCUT2D eigenvalue weighted by Crippen LogP contribution is -2.40. The quantitative estimate of drug-likeness (QED) is 0.729. The van der Waals surface area contributed by atoms with Crippen LogP contribution < -0.4 is 5.32 Å². The Hall–Kier alpha value is -1.27. The summed E-state index contributed by atoms with van der Waals surface area (Å²) < 4.78 is 39.6. The number of ether oxygens (including phenoxy) is 1. The molecular weight excluding hydrogens is 215 g/mol. The van der Waals surface area contributed by atoms with Crippen LogP contribution in [0.5, 0.6) is 0 Å². The molecule has 0 rings (SSSR count). The van der Waals surface area contributed by atoms with Crippen LogP contribution in [0.15, 0.2) is 0 Å². The molecule has 88 valence electrons. The van der Waals surface area contributed by atoms with E-state index in [0.717, 1.165) is 0 Å². The largest absolute Gasteiger partial charge is 0.471 e. The van der Waals surface area contributed by atoms with Crippen LogP contribution in [-0.4, -0.2) is 30.7 Å². The van der Waals surface area contributed by atoms with Crippen LogP contribution in [0.2, 0.25) is 0 Å². The van der Waals surface area contributed by atoms with Crippen molar-refractivity contribution in [2.24, 2.45) is 0 Å². The Bertz CT molecular complexity index is 240. The average molecular weight is 227 g/mol. The molecule has 0 radical (unpaired) electrons. The Labute approximate surface area is 84.8 Å². The summed E-state index contributed by atoms with van der Waals surface area (Å²) in [5, 5.41) is 1.41. The number of rotatable bonds is 4. The van der Waals surface area contributed by atoms with Crippen LogP contribution in [-0.2, 0) is 14.3 Å². The van der Waals surface area contributed by atoms with E-state index in [1.807, 2.05) is 0 Å². The van der Waals surface area contributed by atoms with Crippen molar-refractivity contribution in [3.05, 3.63) is 0 Å². The highest BCUT2D eigenvalue weighted by Crippen LogP contribution is 2.13. The van der Waals surface area contributed by atoms with Gasteiger partial charge in [-0.25, -0.2) is 0 Å². The number of hydrogen-bond acceptors (Lipinski definition) is 3. The first-order valence-corrected chi connectivity index (χ1v) is 4.31. The third kappa shape index (κ3) is 5.92. The molecule has 0 heterocycles. The van der Waals surface area contributed by atoms with Crippen molar-refractivity contribution in [3.8, 4) is 0 Å². The molecule has 0 fully saturated rings. The minimum absolute atomic E-state index is 0.375. The minimum atomic E-state index is -4.98. The third-order valence-electron chi connectivity index (χ3n) is 1.56. The van der Waals surface area contributed by atoms with Crippen molar-refractivity contribution in [3.63, 3.8) is 0 Å². The molecule has 0 aromatic carbocycles. The topological polar surface area (TPSA) is 55.4 Å². The Balaban J connectivity index is 3.87. The lowest BCUT2D eigenvalue weighted by Gasteiger charge is -2.11. The fourth-order valence-electron chi connectivity index (χ4n) is 0.602. The second kappa shape index (κ2) is 5.57. The number of carbonyl (C=O) groups is 2. The number of carbonyl (C=O) groups excluding carboxylic acids is 2. The second-order valence-electron chi connectivity index (χ2n) is 2.89. The van der Waals surface area contributed by atoms with Gasteiger partial charge < -0.3 is 10.1 Å². The number of nitrogens with one attached hydrogen (secondary N) is 1. The highest BCUT2D eigenvalue weighted by atomic mass is 19.4. The summed E-state index contributed by atoms with van der Waals surface area (Å²) in [6, 6.07) is 0. The van der Waals surface area contributed by atoms with Crippen molar-refractivity contribution in [2.45, 2.75) is 32.5 Å².